The summed E-state index contributed by atoms with van der Waals surface area (Å²) in [7, 11) is 2.08. The molecule has 1 N–H and O–H groups in total. The molecule has 106 valence electrons. The molecule has 0 bridgehead atoms. The second kappa shape index (κ2) is 7.08. The zero-order valence-electron chi connectivity index (χ0n) is 11.7. The van der Waals surface area contributed by atoms with Crippen molar-refractivity contribution in [3.8, 4) is 0 Å². The predicted octanol–water partition coefficient (Wildman–Crippen LogP) is 2.78. The molecule has 1 saturated heterocycles. The van der Waals surface area contributed by atoms with Crippen LogP contribution in [0.3, 0.4) is 0 Å². The van der Waals surface area contributed by atoms with Gasteiger partial charge in [-0.05, 0) is 38.9 Å². The van der Waals surface area contributed by atoms with Gasteiger partial charge < -0.3 is 10.1 Å². The molecule has 1 aliphatic rings. The summed E-state index contributed by atoms with van der Waals surface area (Å²) in [6.45, 7) is 5.49. The summed E-state index contributed by atoms with van der Waals surface area (Å²) in [6.07, 6.45) is 2.69. The SMILES string of the molecule is CCNc1ccc(Cl)c(CN(C)CC2CCCO2)n1. The van der Waals surface area contributed by atoms with Gasteiger partial charge in [-0.25, -0.2) is 4.98 Å². The summed E-state index contributed by atoms with van der Waals surface area (Å²) in [4.78, 5) is 6.77. The van der Waals surface area contributed by atoms with Crippen LogP contribution in [0, 0.1) is 0 Å². The number of aromatic nitrogens is 1. The molecule has 2 heterocycles. The van der Waals surface area contributed by atoms with Crippen molar-refractivity contribution in [3.63, 3.8) is 0 Å². The molecule has 4 nitrogen and oxygen atoms in total. The fourth-order valence-electron chi connectivity index (χ4n) is 2.33. The molecule has 0 aromatic carbocycles. The van der Waals surface area contributed by atoms with Gasteiger partial charge in [0, 0.05) is 26.2 Å². The van der Waals surface area contributed by atoms with Crippen LogP contribution in [0.4, 0.5) is 5.82 Å². The number of rotatable bonds is 6. The van der Waals surface area contributed by atoms with Gasteiger partial charge in [-0.1, -0.05) is 11.6 Å². The molecule has 1 aliphatic heterocycles. The minimum absolute atomic E-state index is 0.362. The van der Waals surface area contributed by atoms with Crippen LogP contribution < -0.4 is 5.32 Å². The third-order valence-electron chi connectivity index (χ3n) is 3.24. The Morgan fingerprint density at radius 1 is 1.53 bits per heavy atom. The van der Waals surface area contributed by atoms with E-state index in [1.54, 1.807) is 0 Å². The van der Waals surface area contributed by atoms with Crippen LogP contribution in [0.25, 0.3) is 0 Å². The summed E-state index contributed by atoms with van der Waals surface area (Å²) in [6, 6.07) is 3.82. The Hall–Kier alpha value is -0.840. The Labute approximate surface area is 120 Å². The zero-order valence-corrected chi connectivity index (χ0v) is 12.4. The molecular weight excluding hydrogens is 262 g/mol. The van der Waals surface area contributed by atoms with Gasteiger partial charge in [0.05, 0.1) is 16.8 Å². The molecule has 1 aromatic heterocycles. The largest absolute Gasteiger partial charge is 0.377 e. The van der Waals surface area contributed by atoms with Crippen molar-refractivity contribution in [3.05, 3.63) is 22.8 Å². The van der Waals surface area contributed by atoms with Crippen molar-refractivity contribution < 1.29 is 4.74 Å². The standard InChI is InChI=1S/C14H22ClN3O/c1-3-16-14-7-6-12(15)13(17-14)10-18(2)9-11-5-4-8-19-11/h6-7,11H,3-5,8-10H2,1-2H3,(H,16,17). The number of anilines is 1. The maximum absolute atomic E-state index is 6.21. The van der Waals surface area contributed by atoms with Crippen LogP contribution in [0.1, 0.15) is 25.5 Å². The number of hydrogen-bond acceptors (Lipinski definition) is 4. The van der Waals surface area contributed by atoms with E-state index in [4.69, 9.17) is 16.3 Å². The topological polar surface area (TPSA) is 37.4 Å². The van der Waals surface area contributed by atoms with Gasteiger partial charge in [0.15, 0.2) is 0 Å². The van der Waals surface area contributed by atoms with Crippen LogP contribution >= 0.6 is 11.6 Å². The lowest BCUT2D eigenvalue weighted by Crippen LogP contribution is -2.28. The van der Waals surface area contributed by atoms with Gasteiger partial charge in [-0.2, -0.15) is 0 Å². The van der Waals surface area contributed by atoms with Gasteiger partial charge in [0.2, 0.25) is 0 Å². The Morgan fingerprint density at radius 3 is 3.05 bits per heavy atom. The highest BCUT2D eigenvalue weighted by Gasteiger charge is 2.18. The second-order valence-corrected chi connectivity index (χ2v) is 5.39. The fraction of sp³-hybridized carbons (Fsp3) is 0.643. The van der Waals surface area contributed by atoms with Crippen molar-refractivity contribution in [1.82, 2.24) is 9.88 Å². The number of halogens is 1. The third kappa shape index (κ3) is 4.34. The lowest BCUT2D eigenvalue weighted by atomic mass is 10.2. The van der Waals surface area contributed by atoms with Crippen molar-refractivity contribution in [2.45, 2.75) is 32.4 Å². The average Bonchev–Trinajstić information content (AvgIpc) is 2.86. The highest BCUT2D eigenvalue weighted by molar-refractivity contribution is 6.31. The average molecular weight is 284 g/mol. The number of hydrogen-bond donors (Lipinski definition) is 1. The van der Waals surface area contributed by atoms with Crippen molar-refractivity contribution in [2.75, 3.05) is 32.1 Å². The summed E-state index contributed by atoms with van der Waals surface area (Å²) < 4.78 is 5.65. The van der Waals surface area contributed by atoms with E-state index < -0.39 is 0 Å². The third-order valence-corrected chi connectivity index (χ3v) is 3.58. The van der Waals surface area contributed by atoms with Crippen molar-refractivity contribution in [2.24, 2.45) is 0 Å². The highest BCUT2D eigenvalue weighted by atomic mass is 35.5. The molecule has 1 fully saturated rings. The van der Waals surface area contributed by atoms with Gasteiger partial charge in [-0.3, -0.25) is 4.90 Å². The first-order valence-corrected chi connectivity index (χ1v) is 7.26. The van der Waals surface area contributed by atoms with Crippen LogP contribution in [-0.4, -0.2) is 42.7 Å². The molecule has 1 atom stereocenters. The molecule has 0 radical (unpaired) electrons. The summed E-state index contributed by atoms with van der Waals surface area (Å²) >= 11 is 6.21. The fourth-order valence-corrected chi connectivity index (χ4v) is 2.50. The van der Waals surface area contributed by atoms with Crippen LogP contribution in [-0.2, 0) is 11.3 Å². The Morgan fingerprint density at radius 2 is 2.37 bits per heavy atom. The molecule has 0 amide bonds. The summed E-state index contributed by atoms with van der Waals surface area (Å²) in [5.74, 6) is 0.882. The number of nitrogens with zero attached hydrogens (tertiary/aromatic N) is 2. The number of nitrogens with one attached hydrogen (secondary N) is 1. The minimum atomic E-state index is 0.362. The molecule has 0 spiro atoms. The molecule has 19 heavy (non-hydrogen) atoms. The van der Waals surface area contributed by atoms with Crippen LogP contribution in [0.5, 0.6) is 0 Å². The molecule has 2 rings (SSSR count). The Balaban J connectivity index is 1.94. The number of ether oxygens (including phenoxy) is 1. The summed E-state index contributed by atoms with van der Waals surface area (Å²) in [5, 5.41) is 3.93. The highest BCUT2D eigenvalue weighted by Crippen LogP contribution is 2.19. The van der Waals surface area contributed by atoms with Crippen molar-refractivity contribution in [1.29, 1.82) is 0 Å². The minimum Gasteiger partial charge on any atom is -0.377 e. The Bertz CT molecular complexity index is 408. The quantitative estimate of drug-likeness (QED) is 0.871. The van der Waals surface area contributed by atoms with Crippen molar-refractivity contribution >= 4 is 17.4 Å². The first-order chi connectivity index (χ1) is 9.19. The number of pyridine rings is 1. The first-order valence-electron chi connectivity index (χ1n) is 6.88. The zero-order chi connectivity index (χ0) is 13.7. The monoisotopic (exact) mass is 283 g/mol. The molecule has 5 heteroatoms. The maximum Gasteiger partial charge on any atom is 0.126 e. The van der Waals surface area contributed by atoms with Gasteiger partial charge in [0.25, 0.3) is 0 Å². The normalized spacial score (nSPS) is 19.1. The molecule has 1 unspecified atom stereocenters. The van der Waals surface area contributed by atoms with E-state index in [9.17, 15) is 0 Å². The molecule has 0 saturated carbocycles. The maximum atomic E-state index is 6.21. The van der Waals surface area contributed by atoms with Gasteiger partial charge in [-0.15, -0.1) is 0 Å². The van der Waals surface area contributed by atoms with Crippen LogP contribution in [0.2, 0.25) is 5.02 Å². The van der Waals surface area contributed by atoms with E-state index in [-0.39, 0.29) is 0 Å². The number of likely N-dealkylation sites (N-methyl/N-ethyl adjacent to an activating group) is 1. The van der Waals surface area contributed by atoms with E-state index in [0.717, 1.165) is 49.2 Å². The van der Waals surface area contributed by atoms with E-state index in [1.807, 2.05) is 12.1 Å². The predicted molar refractivity (Wildman–Crippen MR) is 78.7 cm³/mol. The summed E-state index contributed by atoms with van der Waals surface area (Å²) in [5.41, 5.74) is 0.917. The van der Waals surface area contributed by atoms with Gasteiger partial charge in [0.1, 0.15) is 5.82 Å². The van der Waals surface area contributed by atoms with E-state index >= 15 is 0 Å². The smallest absolute Gasteiger partial charge is 0.126 e. The lowest BCUT2D eigenvalue weighted by Gasteiger charge is -2.20. The molecular formula is C14H22ClN3O. The van der Waals surface area contributed by atoms with Gasteiger partial charge >= 0.3 is 0 Å². The first kappa shape index (κ1) is 14.6. The molecule has 0 aliphatic carbocycles. The van der Waals surface area contributed by atoms with E-state index in [0.29, 0.717) is 6.10 Å². The lowest BCUT2D eigenvalue weighted by molar-refractivity contribution is 0.0790. The van der Waals surface area contributed by atoms with E-state index in [1.165, 1.54) is 6.42 Å². The second-order valence-electron chi connectivity index (χ2n) is 4.99. The van der Waals surface area contributed by atoms with E-state index in [2.05, 4.69) is 29.2 Å². The Kier molecular flexibility index (Phi) is 5.43. The van der Waals surface area contributed by atoms with Crippen LogP contribution in [0.15, 0.2) is 12.1 Å². The molecule has 1 aromatic rings.